The van der Waals surface area contributed by atoms with Gasteiger partial charge in [0.2, 0.25) is 0 Å². The number of nitrogens with zero attached hydrogens (tertiary/aromatic N) is 1. The van der Waals surface area contributed by atoms with Crippen LogP contribution in [0, 0.1) is 21.8 Å². The number of carbonyl (C=O) groups excluding carboxylic acids is 2. The van der Waals surface area contributed by atoms with Gasteiger partial charge in [0.15, 0.2) is 11.5 Å². The van der Waals surface area contributed by atoms with Crippen molar-refractivity contribution in [1.82, 2.24) is 0 Å². The molecule has 3 aromatic carbocycles. The molecule has 0 radical (unpaired) electrons. The lowest BCUT2D eigenvalue weighted by Gasteiger charge is -2.14. The minimum absolute atomic E-state index is 0.0111. The Morgan fingerprint density at radius 3 is 2.24 bits per heavy atom. The molecule has 11 heteroatoms. The van der Waals surface area contributed by atoms with Crippen molar-refractivity contribution in [2.24, 2.45) is 0 Å². The fraction of sp³-hybridized carbons (Fsp3) is 0.115. The van der Waals surface area contributed by atoms with Crippen LogP contribution in [-0.4, -0.2) is 34.5 Å². The molecule has 0 aliphatic carbocycles. The highest BCUT2D eigenvalue weighted by Gasteiger charge is 2.22. The molecule has 3 rings (SSSR count). The summed E-state index contributed by atoms with van der Waals surface area (Å²) in [6.07, 6.45) is 1.33. The molecule has 190 valence electrons. The lowest BCUT2D eigenvalue weighted by atomic mass is 10.1. The SMILES string of the molecule is COC(=O)c1ccc(NC(=O)/C(C#N)=C/c2cc(I)c(OS(=O)(=O)c3ccc(C)cc3)c(OC)c2)cc1. The van der Waals surface area contributed by atoms with E-state index in [0.29, 0.717) is 20.4 Å². The average molecular weight is 632 g/mol. The zero-order chi connectivity index (χ0) is 27.2. The van der Waals surface area contributed by atoms with Gasteiger partial charge in [0, 0.05) is 5.69 Å². The zero-order valence-corrected chi connectivity index (χ0v) is 22.9. The second kappa shape index (κ2) is 11.9. The number of aryl methyl sites for hydroxylation is 1. The summed E-state index contributed by atoms with van der Waals surface area (Å²) < 4.78 is 41.3. The molecule has 0 bridgehead atoms. The van der Waals surface area contributed by atoms with E-state index in [2.05, 4.69) is 10.1 Å². The maximum Gasteiger partial charge on any atom is 0.339 e. The molecule has 37 heavy (non-hydrogen) atoms. The Kier molecular flexibility index (Phi) is 8.90. The first-order valence-corrected chi connectivity index (χ1v) is 13.1. The summed E-state index contributed by atoms with van der Waals surface area (Å²) in [6, 6.07) is 17.0. The van der Waals surface area contributed by atoms with E-state index >= 15 is 0 Å². The fourth-order valence-corrected chi connectivity index (χ4v) is 4.93. The van der Waals surface area contributed by atoms with Crippen molar-refractivity contribution in [2.45, 2.75) is 11.8 Å². The molecule has 1 N–H and O–H groups in total. The van der Waals surface area contributed by atoms with Gasteiger partial charge < -0.3 is 19.0 Å². The van der Waals surface area contributed by atoms with Crippen molar-refractivity contribution < 1.29 is 31.7 Å². The number of anilines is 1. The minimum Gasteiger partial charge on any atom is -0.493 e. The molecule has 3 aromatic rings. The Morgan fingerprint density at radius 1 is 1.03 bits per heavy atom. The number of esters is 1. The predicted molar refractivity (Wildman–Crippen MR) is 145 cm³/mol. The first kappa shape index (κ1) is 27.7. The van der Waals surface area contributed by atoms with E-state index in [1.165, 1.54) is 62.8 Å². The molecule has 0 fully saturated rings. The van der Waals surface area contributed by atoms with E-state index in [1.807, 2.05) is 35.6 Å². The largest absolute Gasteiger partial charge is 0.493 e. The first-order chi connectivity index (χ1) is 17.6. The zero-order valence-electron chi connectivity index (χ0n) is 19.9. The van der Waals surface area contributed by atoms with E-state index in [4.69, 9.17) is 8.92 Å². The number of methoxy groups -OCH3 is 2. The molecule has 0 saturated heterocycles. The number of benzene rings is 3. The van der Waals surface area contributed by atoms with Gasteiger partial charge in [0.1, 0.15) is 16.5 Å². The van der Waals surface area contributed by atoms with Crippen molar-refractivity contribution >= 4 is 56.3 Å². The standard InChI is InChI=1S/C26H21IN2O7S/c1-16-4-10-21(11-5-16)37(32,33)36-24-22(27)13-17(14-23(24)34-2)12-19(15-28)25(30)29-20-8-6-18(7-9-20)26(31)35-3/h4-14H,1-3H3,(H,29,30)/b19-12+. The highest BCUT2D eigenvalue weighted by atomic mass is 127. The van der Waals surface area contributed by atoms with Crippen LogP contribution in [0.5, 0.6) is 11.5 Å². The first-order valence-electron chi connectivity index (χ1n) is 10.6. The fourth-order valence-electron chi connectivity index (χ4n) is 3.09. The summed E-state index contributed by atoms with van der Waals surface area (Å²) in [5.41, 5.74) is 1.78. The molecule has 0 heterocycles. The summed E-state index contributed by atoms with van der Waals surface area (Å²) in [5, 5.41) is 12.1. The van der Waals surface area contributed by atoms with Gasteiger partial charge in [-0.3, -0.25) is 4.79 Å². The number of hydrogen-bond acceptors (Lipinski definition) is 8. The van der Waals surface area contributed by atoms with Crippen LogP contribution < -0.4 is 14.2 Å². The number of amides is 1. The van der Waals surface area contributed by atoms with Crippen LogP contribution in [0.2, 0.25) is 0 Å². The minimum atomic E-state index is -4.13. The van der Waals surface area contributed by atoms with Crippen molar-refractivity contribution in [3.63, 3.8) is 0 Å². The van der Waals surface area contributed by atoms with Gasteiger partial charge in [-0.25, -0.2) is 4.79 Å². The van der Waals surface area contributed by atoms with Gasteiger partial charge in [-0.15, -0.1) is 0 Å². The van der Waals surface area contributed by atoms with Crippen LogP contribution in [0.3, 0.4) is 0 Å². The van der Waals surface area contributed by atoms with E-state index < -0.39 is 22.0 Å². The van der Waals surface area contributed by atoms with Crippen LogP contribution in [0.25, 0.3) is 6.08 Å². The van der Waals surface area contributed by atoms with Crippen molar-refractivity contribution in [3.05, 3.63) is 86.5 Å². The second-order valence-electron chi connectivity index (χ2n) is 7.58. The topological polar surface area (TPSA) is 132 Å². The number of nitrogens with one attached hydrogen (secondary N) is 1. The molecule has 1 amide bonds. The Hall–Kier alpha value is -3.89. The van der Waals surface area contributed by atoms with Crippen molar-refractivity contribution in [2.75, 3.05) is 19.5 Å². The van der Waals surface area contributed by atoms with E-state index in [0.717, 1.165) is 5.56 Å². The maximum absolute atomic E-state index is 12.8. The summed E-state index contributed by atoms with van der Waals surface area (Å²) in [4.78, 5) is 24.2. The molecule has 0 aliphatic rings. The van der Waals surface area contributed by atoms with Crippen LogP contribution in [0.4, 0.5) is 5.69 Å². The lowest BCUT2D eigenvalue weighted by molar-refractivity contribution is -0.112. The Balaban J connectivity index is 1.86. The number of ether oxygens (including phenoxy) is 2. The average Bonchev–Trinajstić information content (AvgIpc) is 2.88. The molecule has 0 spiro atoms. The van der Waals surface area contributed by atoms with Gasteiger partial charge in [-0.2, -0.15) is 13.7 Å². The van der Waals surface area contributed by atoms with Crippen molar-refractivity contribution in [3.8, 4) is 17.6 Å². The number of hydrogen-bond donors (Lipinski definition) is 1. The third kappa shape index (κ3) is 6.87. The Labute approximate surface area is 227 Å². The third-order valence-electron chi connectivity index (χ3n) is 4.99. The van der Waals surface area contributed by atoms with E-state index in [-0.39, 0.29) is 22.0 Å². The van der Waals surface area contributed by atoms with Gasteiger partial charge in [0.05, 0.1) is 23.4 Å². The Morgan fingerprint density at radius 2 is 1.68 bits per heavy atom. The van der Waals surface area contributed by atoms with Gasteiger partial charge >= 0.3 is 16.1 Å². The molecule has 0 aliphatic heterocycles. The number of nitriles is 1. The van der Waals surface area contributed by atoms with Crippen LogP contribution in [0.1, 0.15) is 21.5 Å². The molecular formula is C26H21IN2O7S. The van der Waals surface area contributed by atoms with Crippen LogP contribution in [0.15, 0.2) is 71.1 Å². The quantitative estimate of drug-likeness (QED) is 0.124. The smallest absolute Gasteiger partial charge is 0.339 e. The van der Waals surface area contributed by atoms with Crippen LogP contribution >= 0.6 is 22.6 Å². The highest BCUT2D eigenvalue weighted by molar-refractivity contribution is 14.1. The number of carbonyl (C=O) groups is 2. The second-order valence-corrected chi connectivity index (χ2v) is 10.3. The summed E-state index contributed by atoms with van der Waals surface area (Å²) in [5.74, 6) is -1.11. The summed E-state index contributed by atoms with van der Waals surface area (Å²) in [7, 11) is -1.52. The van der Waals surface area contributed by atoms with Gasteiger partial charge in [0.25, 0.3) is 5.91 Å². The number of rotatable bonds is 8. The molecule has 0 unspecified atom stereocenters. The molecule has 9 nitrogen and oxygen atoms in total. The third-order valence-corrected chi connectivity index (χ3v) is 7.03. The molecule has 0 saturated carbocycles. The predicted octanol–water partition coefficient (Wildman–Crippen LogP) is 4.71. The summed E-state index contributed by atoms with van der Waals surface area (Å²) >= 11 is 1.89. The van der Waals surface area contributed by atoms with Gasteiger partial charge in [-0.05, 0) is 89.7 Å². The van der Waals surface area contributed by atoms with E-state index in [1.54, 1.807) is 18.2 Å². The Bertz CT molecular complexity index is 1510. The highest BCUT2D eigenvalue weighted by Crippen LogP contribution is 2.36. The molecule has 0 atom stereocenters. The maximum atomic E-state index is 12.8. The van der Waals surface area contributed by atoms with Crippen LogP contribution in [-0.2, 0) is 19.6 Å². The summed E-state index contributed by atoms with van der Waals surface area (Å²) in [6.45, 7) is 1.84. The molecule has 0 aromatic heterocycles. The molecular weight excluding hydrogens is 611 g/mol. The van der Waals surface area contributed by atoms with E-state index in [9.17, 15) is 23.3 Å². The number of halogens is 1. The van der Waals surface area contributed by atoms with Gasteiger partial charge in [-0.1, -0.05) is 17.7 Å². The normalized spacial score (nSPS) is 11.3. The monoisotopic (exact) mass is 632 g/mol. The van der Waals surface area contributed by atoms with Crippen molar-refractivity contribution in [1.29, 1.82) is 5.26 Å². The lowest BCUT2D eigenvalue weighted by Crippen LogP contribution is -2.14.